The van der Waals surface area contributed by atoms with Crippen molar-refractivity contribution in [2.45, 2.75) is 46.0 Å². The molecule has 31 heavy (non-hydrogen) atoms. The number of amides is 1. The number of nitrogens with zero attached hydrogens (tertiary/aromatic N) is 4. The first-order valence-corrected chi connectivity index (χ1v) is 10.6. The molecular formula is C23H25N5O3. The lowest BCUT2D eigenvalue weighted by Crippen LogP contribution is -2.39. The lowest BCUT2D eigenvalue weighted by molar-refractivity contribution is 0.0694. The average Bonchev–Trinajstić information content (AvgIpc) is 3.47. The predicted octanol–water partition coefficient (Wildman–Crippen LogP) is 4.07. The molecule has 4 aromatic heterocycles. The predicted molar refractivity (Wildman–Crippen MR) is 114 cm³/mol. The van der Waals surface area contributed by atoms with Crippen molar-refractivity contribution in [2.24, 2.45) is 0 Å². The summed E-state index contributed by atoms with van der Waals surface area (Å²) < 4.78 is 10.7. The number of likely N-dealkylation sites (tertiary alicyclic amines) is 1. The van der Waals surface area contributed by atoms with Gasteiger partial charge in [0.2, 0.25) is 0 Å². The van der Waals surface area contributed by atoms with Gasteiger partial charge in [-0.1, -0.05) is 10.3 Å². The van der Waals surface area contributed by atoms with E-state index < -0.39 is 0 Å². The summed E-state index contributed by atoms with van der Waals surface area (Å²) >= 11 is 0. The summed E-state index contributed by atoms with van der Waals surface area (Å²) in [7, 11) is 0. The Hall–Kier alpha value is -3.42. The smallest absolute Gasteiger partial charge is 0.276 e. The fourth-order valence-corrected chi connectivity index (χ4v) is 4.46. The number of rotatable bonds is 4. The van der Waals surface area contributed by atoms with Crippen molar-refractivity contribution in [3.8, 4) is 0 Å². The number of piperidine rings is 1. The molecule has 0 aromatic carbocycles. The van der Waals surface area contributed by atoms with Gasteiger partial charge in [-0.2, -0.15) is 0 Å². The number of aromatic amines is 1. The van der Waals surface area contributed by atoms with E-state index in [2.05, 4.69) is 26.3 Å². The van der Waals surface area contributed by atoms with Crippen LogP contribution in [0.4, 0.5) is 0 Å². The first-order valence-electron chi connectivity index (χ1n) is 10.6. The summed E-state index contributed by atoms with van der Waals surface area (Å²) in [5.74, 6) is 1.56. The molecule has 1 N–H and O–H groups in total. The molecule has 5 heterocycles. The molecule has 5 rings (SSSR count). The molecule has 1 aliphatic rings. The number of fused-ring (bicyclic) bond motifs is 1. The second-order valence-corrected chi connectivity index (χ2v) is 8.30. The van der Waals surface area contributed by atoms with Crippen LogP contribution in [-0.2, 0) is 6.42 Å². The molecule has 0 radical (unpaired) electrons. The first-order chi connectivity index (χ1) is 15.0. The molecule has 160 valence electrons. The molecule has 1 atom stereocenters. The third-order valence-corrected chi connectivity index (χ3v) is 6.28. The molecule has 0 bridgehead atoms. The lowest BCUT2D eigenvalue weighted by atomic mass is 9.94. The lowest BCUT2D eigenvalue weighted by Gasteiger charge is -2.32. The van der Waals surface area contributed by atoms with Crippen LogP contribution in [0.2, 0.25) is 0 Å². The maximum atomic E-state index is 13.4. The van der Waals surface area contributed by atoms with Crippen LogP contribution in [0.25, 0.3) is 11.0 Å². The number of hydrogen-bond acceptors (Lipinski definition) is 6. The summed E-state index contributed by atoms with van der Waals surface area (Å²) in [6.45, 7) is 6.98. The first kappa shape index (κ1) is 19.5. The van der Waals surface area contributed by atoms with Crippen LogP contribution in [0.5, 0.6) is 0 Å². The Morgan fingerprint density at radius 2 is 2.00 bits per heavy atom. The highest BCUT2D eigenvalue weighted by Gasteiger charge is 2.31. The quantitative estimate of drug-likeness (QED) is 0.535. The number of pyridine rings is 1. The monoisotopic (exact) mass is 419 g/mol. The Bertz CT molecular complexity index is 1200. The van der Waals surface area contributed by atoms with Crippen molar-refractivity contribution in [1.82, 2.24) is 25.2 Å². The molecule has 8 nitrogen and oxygen atoms in total. The Balaban J connectivity index is 1.39. The van der Waals surface area contributed by atoms with Crippen molar-refractivity contribution >= 4 is 16.9 Å². The molecule has 1 saturated heterocycles. The van der Waals surface area contributed by atoms with Crippen molar-refractivity contribution in [1.29, 1.82) is 0 Å². The Morgan fingerprint density at radius 3 is 2.77 bits per heavy atom. The maximum Gasteiger partial charge on any atom is 0.276 e. The minimum absolute atomic E-state index is 0.0856. The molecule has 0 saturated carbocycles. The summed E-state index contributed by atoms with van der Waals surface area (Å²) in [6.07, 6.45) is 4.28. The van der Waals surface area contributed by atoms with Crippen molar-refractivity contribution < 1.29 is 13.8 Å². The zero-order chi connectivity index (χ0) is 21.5. The van der Waals surface area contributed by atoms with E-state index in [9.17, 15) is 4.79 Å². The SMILES string of the molecule is Cc1noc(C)c1Cc1c(C(=O)N2CCCC(c3cc4ncccc4[nH]3)C2)noc1C. The molecule has 1 amide bonds. The van der Waals surface area contributed by atoms with Gasteiger partial charge in [0, 0.05) is 48.4 Å². The third-order valence-electron chi connectivity index (χ3n) is 6.28. The molecule has 0 aliphatic carbocycles. The highest BCUT2D eigenvalue weighted by atomic mass is 16.5. The molecule has 8 heteroatoms. The molecular weight excluding hydrogens is 394 g/mol. The standard InChI is InChI=1S/C23H25N5O3/c1-13-17(14(2)30-26-13)10-18-15(3)31-27-22(18)23(29)28-9-5-6-16(12-28)20-11-21-19(25-20)7-4-8-24-21/h4,7-8,11,16,25H,5-6,9-10,12H2,1-3H3. The molecule has 1 aliphatic heterocycles. The molecule has 1 unspecified atom stereocenters. The van der Waals surface area contributed by atoms with E-state index in [0.29, 0.717) is 31.0 Å². The van der Waals surface area contributed by atoms with Gasteiger partial charge in [-0.25, -0.2) is 0 Å². The topological polar surface area (TPSA) is 101 Å². The van der Waals surface area contributed by atoms with Gasteiger partial charge in [0.25, 0.3) is 5.91 Å². The van der Waals surface area contributed by atoms with E-state index in [1.54, 1.807) is 6.20 Å². The Labute approximate surface area is 179 Å². The van der Waals surface area contributed by atoms with E-state index >= 15 is 0 Å². The van der Waals surface area contributed by atoms with Gasteiger partial charge in [-0.05, 0) is 51.8 Å². The van der Waals surface area contributed by atoms with E-state index in [1.165, 1.54) is 0 Å². The normalized spacial score (nSPS) is 16.9. The molecule has 4 aromatic rings. The fraction of sp³-hybridized carbons (Fsp3) is 0.391. The molecule has 0 spiro atoms. The van der Waals surface area contributed by atoms with Gasteiger partial charge in [0.05, 0.1) is 16.7 Å². The summed E-state index contributed by atoms with van der Waals surface area (Å²) in [6, 6.07) is 6.04. The van der Waals surface area contributed by atoms with E-state index in [1.807, 2.05) is 37.8 Å². The van der Waals surface area contributed by atoms with Gasteiger partial charge < -0.3 is 18.9 Å². The highest BCUT2D eigenvalue weighted by Crippen LogP contribution is 2.30. The Morgan fingerprint density at radius 1 is 1.19 bits per heavy atom. The van der Waals surface area contributed by atoms with Gasteiger partial charge in [0.1, 0.15) is 11.5 Å². The van der Waals surface area contributed by atoms with Gasteiger partial charge >= 0.3 is 0 Å². The van der Waals surface area contributed by atoms with Gasteiger partial charge in [0.15, 0.2) is 5.69 Å². The van der Waals surface area contributed by atoms with E-state index in [0.717, 1.165) is 52.2 Å². The summed E-state index contributed by atoms with van der Waals surface area (Å²) in [4.78, 5) is 23.2. The van der Waals surface area contributed by atoms with E-state index in [-0.39, 0.29) is 11.8 Å². The van der Waals surface area contributed by atoms with Gasteiger partial charge in [-0.3, -0.25) is 9.78 Å². The van der Waals surface area contributed by atoms with Crippen LogP contribution in [0.1, 0.15) is 63.3 Å². The highest BCUT2D eigenvalue weighted by molar-refractivity contribution is 5.94. The number of nitrogens with one attached hydrogen (secondary N) is 1. The third kappa shape index (κ3) is 3.52. The van der Waals surface area contributed by atoms with Crippen LogP contribution >= 0.6 is 0 Å². The summed E-state index contributed by atoms with van der Waals surface area (Å²) in [5.41, 5.74) is 6.08. The number of H-pyrrole nitrogens is 1. The number of carbonyl (C=O) groups excluding carboxylic acids is 1. The van der Waals surface area contributed by atoms with Crippen LogP contribution in [-0.4, -0.2) is 44.2 Å². The van der Waals surface area contributed by atoms with E-state index in [4.69, 9.17) is 9.05 Å². The maximum absolute atomic E-state index is 13.4. The number of aromatic nitrogens is 4. The number of hydrogen-bond donors (Lipinski definition) is 1. The number of aryl methyl sites for hydroxylation is 3. The number of carbonyl (C=O) groups is 1. The van der Waals surface area contributed by atoms with Crippen LogP contribution in [0.15, 0.2) is 33.4 Å². The van der Waals surface area contributed by atoms with Crippen LogP contribution in [0, 0.1) is 20.8 Å². The second kappa shape index (κ2) is 7.68. The van der Waals surface area contributed by atoms with Crippen LogP contribution < -0.4 is 0 Å². The second-order valence-electron chi connectivity index (χ2n) is 8.30. The fourth-order valence-electron chi connectivity index (χ4n) is 4.46. The average molecular weight is 419 g/mol. The van der Waals surface area contributed by atoms with Crippen LogP contribution in [0.3, 0.4) is 0 Å². The van der Waals surface area contributed by atoms with Crippen molar-refractivity contribution in [2.75, 3.05) is 13.1 Å². The summed E-state index contributed by atoms with van der Waals surface area (Å²) in [5, 5.41) is 8.15. The van der Waals surface area contributed by atoms with Gasteiger partial charge in [-0.15, -0.1) is 0 Å². The zero-order valence-corrected chi connectivity index (χ0v) is 17.9. The molecule has 1 fully saturated rings. The largest absolute Gasteiger partial charge is 0.361 e. The minimum atomic E-state index is -0.0856. The van der Waals surface area contributed by atoms with Crippen molar-refractivity contribution in [3.05, 3.63) is 64.1 Å². The zero-order valence-electron chi connectivity index (χ0n) is 17.9. The van der Waals surface area contributed by atoms with Crippen molar-refractivity contribution in [3.63, 3.8) is 0 Å². The Kier molecular flexibility index (Phi) is 4.84. The minimum Gasteiger partial charge on any atom is -0.361 e.